The van der Waals surface area contributed by atoms with Crippen molar-refractivity contribution in [2.24, 2.45) is 0 Å². The number of carbonyl (C=O) groups excluding carboxylic acids is 1. The molecule has 1 aliphatic carbocycles. The zero-order chi connectivity index (χ0) is 11.1. The van der Waals surface area contributed by atoms with Crippen molar-refractivity contribution in [3.63, 3.8) is 0 Å². The van der Waals surface area contributed by atoms with E-state index in [1.165, 1.54) is 0 Å². The number of carbonyl (C=O) groups is 1. The quantitative estimate of drug-likeness (QED) is 0.536. The molecule has 3 N–H and O–H groups in total. The molecule has 0 radical (unpaired) electrons. The van der Waals surface area contributed by atoms with Gasteiger partial charge in [-0.15, -0.1) is 0 Å². The first-order valence-electron chi connectivity index (χ1n) is 5.22. The molecule has 1 fully saturated rings. The zero-order valence-corrected chi connectivity index (χ0v) is 8.75. The topological polar surface area (TPSA) is 85.2 Å². The zero-order valence-electron chi connectivity index (χ0n) is 8.75. The average molecular weight is 211 g/mol. The highest BCUT2D eigenvalue weighted by Crippen LogP contribution is 2.28. The van der Waals surface area contributed by atoms with Gasteiger partial charge in [-0.1, -0.05) is 12.8 Å². The van der Waals surface area contributed by atoms with Crippen LogP contribution in [0.5, 0.6) is 0 Å². The second-order valence-corrected chi connectivity index (χ2v) is 3.93. The van der Waals surface area contributed by atoms with Crippen LogP contribution in [0.3, 0.4) is 0 Å². The predicted molar refractivity (Wildman–Crippen MR) is 54.9 cm³/mol. The summed E-state index contributed by atoms with van der Waals surface area (Å²) < 4.78 is 0. The van der Waals surface area contributed by atoms with Crippen molar-refractivity contribution in [2.75, 3.05) is 19.7 Å². The number of aliphatic hydroxyl groups is 1. The van der Waals surface area contributed by atoms with Crippen LogP contribution in [0.15, 0.2) is 0 Å². The number of aliphatic hydroxyl groups excluding tert-OH is 1. The number of hydrogen-bond acceptors (Lipinski definition) is 4. The Labute approximate surface area is 89.5 Å². The van der Waals surface area contributed by atoms with E-state index in [1.807, 2.05) is 6.07 Å². The highest BCUT2D eigenvalue weighted by Gasteiger charge is 2.32. The van der Waals surface area contributed by atoms with E-state index >= 15 is 0 Å². The van der Waals surface area contributed by atoms with Crippen LogP contribution in [0.1, 0.15) is 25.7 Å². The first-order valence-corrected chi connectivity index (χ1v) is 5.22. The molecule has 0 aromatic carbocycles. The van der Waals surface area contributed by atoms with Crippen LogP contribution in [0, 0.1) is 11.3 Å². The highest BCUT2D eigenvalue weighted by atomic mass is 16.3. The van der Waals surface area contributed by atoms with Crippen molar-refractivity contribution in [2.45, 2.75) is 31.2 Å². The Morgan fingerprint density at radius 1 is 1.47 bits per heavy atom. The molecule has 0 aromatic rings. The summed E-state index contributed by atoms with van der Waals surface area (Å²) in [4.78, 5) is 11.2. The fourth-order valence-corrected chi connectivity index (χ4v) is 1.91. The maximum absolute atomic E-state index is 11.2. The van der Waals surface area contributed by atoms with Gasteiger partial charge in [-0.2, -0.15) is 5.26 Å². The molecule has 0 saturated heterocycles. The van der Waals surface area contributed by atoms with Gasteiger partial charge in [-0.25, -0.2) is 0 Å². The van der Waals surface area contributed by atoms with Gasteiger partial charge in [0, 0.05) is 5.54 Å². The molecule has 5 heteroatoms. The Balaban J connectivity index is 2.28. The van der Waals surface area contributed by atoms with Crippen molar-refractivity contribution in [3.8, 4) is 6.07 Å². The van der Waals surface area contributed by atoms with Gasteiger partial charge in [0.2, 0.25) is 5.91 Å². The van der Waals surface area contributed by atoms with E-state index < -0.39 is 0 Å². The lowest BCUT2D eigenvalue weighted by atomic mass is 9.99. The normalized spacial score (nSPS) is 18.4. The van der Waals surface area contributed by atoms with Crippen LogP contribution in [0.2, 0.25) is 0 Å². The molecule has 84 valence electrons. The Kier molecular flexibility index (Phi) is 4.53. The van der Waals surface area contributed by atoms with Gasteiger partial charge in [0.1, 0.15) is 6.54 Å². The van der Waals surface area contributed by atoms with Gasteiger partial charge in [-0.05, 0) is 12.8 Å². The van der Waals surface area contributed by atoms with Crippen LogP contribution in [0.25, 0.3) is 0 Å². The molecule has 5 nitrogen and oxygen atoms in total. The van der Waals surface area contributed by atoms with Gasteiger partial charge in [-0.3, -0.25) is 4.79 Å². The molecular formula is C10H17N3O2. The lowest BCUT2D eigenvalue weighted by molar-refractivity contribution is -0.120. The number of rotatable bonds is 5. The molecule has 0 atom stereocenters. The maximum Gasteiger partial charge on any atom is 0.234 e. The SMILES string of the molecule is N#CCNC(=O)CNC1(CO)CCCC1. The van der Waals surface area contributed by atoms with Gasteiger partial charge >= 0.3 is 0 Å². The van der Waals surface area contributed by atoms with E-state index in [-0.39, 0.29) is 31.1 Å². The summed E-state index contributed by atoms with van der Waals surface area (Å²) in [6.07, 6.45) is 4.00. The molecule has 1 saturated carbocycles. The second kappa shape index (κ2) is 5.69. The van der Waals surface area contributed by atoms with Crippen LogP contribution in [0.4, 0.5) is 0 Å². The molecule has 15 heavy (non-hydrogen) atoms. The molecule has 1 amide bonds. The molecule has 1 rings (SSSR count). The third-order valence-corrected chi connectivity index (χ3v) is 2.85. The van der Waals surface area contributed by atoms with Gasteiger partial charge < -0.3 is 15.7 Å². The Hall–Kier alpha value is -1.12. The summed E-state index contributed by atoms with van der Waals surface area (Å²) in [5, 5.41) is 23.1. The summed E-state index contributed by atoms with van der Waals surface area (Å²) in [6.45, 7) is 0.271. The maximum atomic E-state index is 11.2. The van der Waals surface area contributed by atoms with Gasteiger partial charge in [0.15, 0.2) is 0 Å². The number of hydrogen-bond donors (Lipinski definition) is 3. The first-order chi connectivity index (χ1) is 7.22. The van der Waals surface area contributed by atoms with E-state index in [4.69, 9.17) is 5.26 Å². The predicted octanol–water partition coefficient (Wildman–Crippen LogP) is -0.479. The Bertz CT molecular complexity index is 254. The largest absolute Gasteiger partial charge is 0.394 e. The van der Waals surface area contributed by atoms with Crippen LogP contribution >= 0.6 is 0 Å². The van der Waals surface area contributed by atoms with E-state index in [9.17, 15) is 9.90 Å². The second-order valence-electron chi connectivity index (χ2n) is 3.93. The van der Waals surface area contributed by atoms with Gasteiger partial charge in [0.25, 0.3) is 0 Å². The first kappa shape index (κ1) is 12.0. The average Bonchev–Trinajstić information content (AvgIpc) is 2.73. The summed E-state index contributed by atoms with van der Waals surface area (Å²) in [7, 11) is 0. The fourth-order valence-electron chi connectivity index (χ4n) is 1.91. The highest BCUT2D eigenvalue weighted by molar-refractivity contribution is 5.78. The minimum atomic E-state index is -0.274. The summed E-state index contributed by atoms with van der Waals surface area (Å²) in [5.74, 6) is -0.198. The van der Waals surface area contributed by atoms with Crippen molar-refractivity contribution in [1.82, 2.24) is 10.6 Å². The monoisotopic (exact) mass is 211 g/mol. The third-order valence-electron chi connectivity index (χ3n) is 2.85. The molecule has 0 bridgehead atoms. The summed E-state index contributed by atoms with van der Waals surface area (Å²) >= 11 is 0. The Morgan fingerprint density at radius 3 is 2.67 bits per heavy atom. The smallest absolute Gasteiger partial charge is 0.234 e. The molecule has 0 aliphatic heterocycles. The number of nitrogens with one attached hydrogen (secondary N) is 2. The van der Waals surface area contributed by atoms with Crippen LogP contribution < -0.4 is 10.6 Å². The van der Waals surface area contributed by atoms with Gasteiger partial charge in [0.05, 0.1) is 19.2 Å². The van der Waals surface area contributed by atoms with Crippen LogP contribution in [-0.4, -0.2) is 36.2 Å². The van der Waals surface area contributed by atoms with E-state index in [0.29, 0.717) is 0 Å². The molecule has 0 unspecified atom stereocenters. The van der Waals surface area contributed by atoms with Crippen molar-refractivity contribution in [1.29, 1.82) is 5.26 Å². The minimum absolute atomic E-state index is 0.0344. The van der Waals surface area contributed by atoms with Crippen LogP contribution in [-0.2, 0) is 4.79 Å². The lowest BCUT2D eigenvalue weighted by Crippen LogP contribution is -2.50. The fraction of sp³-hybridized carbons (Fsp3) is 0.800. The minimum Gasteiger partial charge on any atom is -0.394 e. The molecular weight excluding hydrogens is 194 g/mol. The molecule has 0 heterocycles. The molecule has 0 aromatic heterocycles. The lowest BCUT2D eigenvalue weighted by Gasteiger charge is -2.27. The van der Waals surface area contributed by atoms with Crippen molar-refractivity contribution in [3.05, 3.63) is 0 Å². The Morgan fingerprint density at radius 2 is 2.13 bits per heavy atom. The van der Waals surface area contributed by atoms with E-state index in [1.54, 1.807) is 0 Å². The number of amides is 1. The standard InChI is InChI=1S/C10H17N3O2/c11-5-6-12-9(15)7-13-10(8-14)3-1-2-4-10/h13-14H,1-4,6-8H2,(H,12,15). The van der Waals surface area contributed by atoms with E-state index in [2.05, 4.69) is 10.6 Å². The van der Waals surface area contributed by atoms with E-state index in [0.717, 1.165) is 25.7 Å². The van der Waals surface area contributed by atoms with Crippen molar-refractivity contribution >= 4 is 5.91 Å². The summed E-state index contributed by atoms with van der Waals surface area (Å²) in [6, 6.07) is 1.84. The summed E-state index contributed by atoms with van der Waals surface area (Å²) in [5.41, 5.74) is -0.274. The number of nitriles is 1. The number of nitrogens with zero attached hydrogens (tertiary/aromatic N) is 1. The molecule has 1 aliphatic rings. The third kappa shape index (κ3) is 3.50. The van der Waals surface area contributed by atoms with Crippen molar-refractivity contribution < 1.29 is 9.90 Å². The molecule has 0 spiro atoms.